The Morgan fingerprint density at radius 3 is 2.29 bits per heavy atom. The molecule has 0 bridgehead atoms. The normalized spacial score (nSPS) is 9.86. The average molecular weight is 380 g/mol. The highest BCUT2D eigenvalue weighted by molar-refractivity contribution is 5.96. The number of nitrogens with zero attached hydrogens (tertiary/aromatic N) is 1. The highest BCUT2D eigenvalue weighted by atomic mass is 16.6. The Hall–Kier alpha value is -3.66. The molecule has 0 spiro atoms. The maximum Gasteiger partial charge on any atom is 0.344 e. The summed E-state index contributed by atoms with van der Waals surface area (Å²) in [7, 11) is 0. The van der Waals surface area contributed by atoms with Crippen molar-refractivity contribution >= 4 is 23.3 Å². The lowest BCUT2D eigenvalue weighted by Crippen LogP contribution is -2.23. The minimum absolute atomic E-state index is 0.0247. The lowest BCUT2D eigenvalue weighted by molar-refractivity contribution is -0.149. The molecular weight excluding hydrogens is 360 g/mol. The molecule has 0 aliphatic heterocycles. The number of nitriles is 1. The number of benzene rings is 2. The van der Waals surface area contributed by atoms with Crippen molar-refractivity contribution in [2.24, 2.45) is 0 Å². The molecule has 0 saturated heterocycles. The van der Waals surface area contributed by atoms with Crippen LogP contribution in [0.2, 0.25) is 0 Å². The smallest absolute Gasteiger partial charge is 0.344 e. The Morgan fingerprint density at radius 1 is 1.00 bits per heavy atom. The second-order valence-electron chi connectivity index (χ2n) is 5.83. The molecule has 0 aliphatic rings. The second-order valence-corrected chi connectivity index (χ2v) is 5.83. The van der Waals surface area contributed by atoms with Gasteiger partial charge in [0.2, 0.25) is 0 Å². The number of ketones is 1. The van der Waals surface area contributed by atoms with Crippen molar-refractivity contribution in [3.05, 3.63) is 59.7 Å². The third-order valence-electron chi connectivity index (χ3n) is 3.74. The zero-order valence-electron chi connectivity index (χ0n) is 15.4. The molecule has 2 rings (SSSR count). The Morgan fingerprint density at radius 2 is 1.68 bits per heavy atom. The fraction of sp³-hybridized carbons (Fsp3) is 0.238. The van der Waals surface area contributed by atoms with E-state index in [9.17, 15) is 14.4 Å². The van der Waals surface area contributed by atoms with Crippen LogP contribution in [-0.2, 0) is 20.7 Å². The van der Waals surface area contributed by atoms with Gasteiger partial charge in [0, 0.05) is 17.7 Å². The molecule has 0 fully saturated rings. The molecule has 0 unspecified atom stereocenters. The molecule has 7 heteroatoms. The first-order chi connectivity index (χ1) is 13.5. The van der Waals surface area contributed by atoms with E-state index in [1.54, 1.807) is 55.5 Å². The van der Waals surface area contributed by atoms with Crippen LogP contribution >= 0.6 is 0 Å². The van der Waals surface area contributed by atoms with Crippen LogP contribution in [-0.4, -0.2) is 30.9 Å². The third kappa shape index (κ3) is 6.57. The van der Waals surface area contributed by atoms with E-state index in [1.165, 1.54) is 0 Å². The van der Waals surface area contributed by atoms with Crippen molar-refractivity contribution in [1.29, 1.82) is 5.26 Å². The number of Topliss-reactive ketones (excluding diaryl/α,β-unsaturated/α-hetero) is 1. The standard InChI is InChI=1S/C21H20N2O5/c1-2-19(24)16-5-9-18(10-6-16)27-14-21(26)28-13-20(25)23-17-7-3-15(4-8-17)11-12-22/h3-10H,2,11,13-14H2,1H3,(H,23,25). The Bertz CT molecular complexity index is 867. The fourth-order valence-electron chi connectivity index (χ4n) is 2.27. The highest BCUT2D eigenvalue weighted by Gasteiger charge is 2.09. The van der Waals surface area contributed by atoms with Gasteiger partial charge in [0.15, 0.2) is 19.0 Å². The van der Waals surface area contributed by atoms with Crippen molar-refractivity contribution in [3.63, 3.8) is 0 Å². The highest BCUT2D eigenvalue weighted by Crippen LogP contribution is 2.13. The Balaban J connectivity index is 1.72. The molecule has 0 heterocycles. The molecule has 0 saturated carbocycles. The topological polar surface area (TPSA) is 105 Å². The monoisotopic (exact) mass is 380 g/mol. The molecule has 0 aliphatic carbocycles. The zero-order valence-corrected chi connectivity index (χ0v) is 15.4. The molecule has 0 atom stereocenters. The van der Waals surface area contributed by atoms with Crippen LogP contribution in [0.4, 0.5) is 5.69 Å². The summed E-state index contributed by atoms with van der Waals surface area (Å²) >= 11 is 0. The van der Waals surface area contributed by atoms with E-state index < -0.39 is 18.5 Å². The molecule has 7 nitrogen and oxygen atoms in total. The summed E-state index contributed by atoms with van der Waals surface area (Å²) in [5.74, 6) is -0.722. The predicted molar refractivity (Wildman–Crippen MR) is 102 cm³/mol. The van der Waals surface area contributed by atoms with Gasteiger partial charge in [0.05, 0.1) is 12.5 Å². The van der Waals surface area contributed by atoms with Crippen molar-refractivity contribution < 1.29 is 23.9 Å². The lowest BCUT2D eigenvalue weighted by atomic mass is 10.1. The molecular formula is C21H20N2O5. The van der Waals surface area contributed by atoms with Crippen LogP contribution in [0.3, 0.4) is 0 Å². The molecule has 1 amide bonds. The van der Waals surface area contributed by atoms with Crippen molar-refractivity contribution in [3.8, 4) is 11.8 Å². The molecule has 0 aromatic heterocycles. The molecule has 0 radical (unpaired) electrons. The van der Waals surface area contributed by atoms with Gasteiger partial charge in [-0.15, -0.1) is 0 Å². The van der Waals surface area contributed by atoms with Crippen LogP contribution in [0, 0.1) is 11.3 Å². The Labute approximate surface area is 162 Å². The first-order valence-corrected chi connectivity index (χ1v) is 8.69. The first kappa shape index (κ1) is 20.6. The van der Waals surface area contributed by atoms with E-state index in [0.717, 1.165) is 5.56 Å². The molecule has 2 aromatic carbocycles. The third-order valence-corrected chi connectivity index (χ3v) is 3.74. The number of carbonyl (C=O) groups is 3. The summed E-state index contributed by atoms with van der Waals surface area (Å²) < 4.78 is 10.1. The Kier molecular flexibility index (Phi) is 7.73. The predicted octanol–water partition coefficient (Wildman–Crippen LogP) is 2.91. The van der Waals surface area contributed by atoms with Crippen LogP contribution in [0.5, 0.6) is 5.75 Å². The van der Waals surface area contributed by atoms with Gasteiger partial charge in [-0.3, -0.25) is 9.59 Å². The largest absolute Gasteiger partial charge is 0.482 e. The quantitative estimate of drug-likeness (QED) is 0.530. The molecule has 28 heavy (non-hydrogen) atoms. The number of ether oxygens (including phenoxy) is 2. The zero-order chi connectivity index (χ0) is 20.4. The van der Waals surface area contributed by atoms with Gasteiger partial charge >= 0.3 is 5.97 Å². The van der Waals surface area contributed by atoms with Gasteiger partial charge in [0.25, 0.3) is 5.91 Å². The first-order valence-electron chi connectivity index (χ1n) is 8.69. The summed E-state index contributed by atoms with van der Waals surface area (Å²) in [6, 6.07) is 15.3. The van der Waals surface area contributed by atoms with Gasteiger partial charge in [-0.05, 0) is 42.0 Å². The average Bonchev–Trinajstić information content (AvgIpc) is 2.72. The van der Waals surface area contributed by atoms with Gasteiger partial charge < -0.3 is 14.8 Å². The minimum Gasteiger partial charge on any atom is -0.482 e. The van der Waals surface area contributed by atoms with Crippen LogP contribution in [0.15, 0.2) is 48.5 Å². The number of amides is 1. The van der Waals surface area contributed by atoms with Gasteiger partial charge in [-0.2, -0.15) is 5.26 Å². The van der Waals surface area contributed by atoms with Crippen LogP contribution < -0.4 is 10.1 Å². The van der Waals surface area contributed by atoms with Gasteiger partial charge in [0.1, 0.15) is 5.75 Å². The summed E-state index contributed by atoms with van der Waals surface area (Å²) in [5.41, 5.74) is 1.96. The van der Waals surface area contributed by atoms with Crippen LogP contribution in [0.25, 0.3) is 0 Å². The van der Waals surface area contributed by atoms with Crippen LogP contribution in [0.1, 0.15) is 29.3 Å². The fourth-order valence-corrected chi connectivity index (χ4v) is 2.27. The summed E-state index contributed by atoms with van der Waals surface area (Å²) in [4.78, 5) is 35.1. The van der Waals surface area contributed by atoms with E-state index >= 15 is 0 Å². The molecule has 1 N–H and O–H groups in total. The number of anilines is 1. The minimum atomic E-state index is -0.687. The van der Waals surface area contributed by atoms with Crippen molar-refractivity contribution in [2.75, 3.05) is 18.5 Å². The number of hydrogen-bond acceptors (Lipinski definition) is 6. The van der Waals surface area contributed by atoms with E-state index in [1.807, 2.05) is 6.07 Å². The van der Waals surface area contributed by atoms with Crippen molar-refractivity contribution in [2.45, 2.75) is 19.8 Å². The summed E-state index contributed by atoms with van der Waals surface area (Å²) in [6.45, 7) is 0.992. The number of carbonyl (C=O) groups excluding carboxylic acids is 3. The summed E-state index contributed by atoms with van der Waals surface area (Å²) in [6.07, 6.45) is 0.710. The number of rotatable bonds is 9. The number of nitrogens with one attached hydrogen (secondary N) is 1. The van der Waals surface area contributed by atoms with E-state index in [2.05, 4.69) is 5.32 Å². The van der Waals surface area contributed by atoms with E-state index in [0.29, 0.717) is 29.8 Å². The maximum atomic E-state index is 11.8. The SMILES string of the molecule is CCC(=O)c1ccc(OCC(=O)OCC(=O)Nc2ccc(CC#N)cc2)cc1. The van der Waals surface area contributed by atoms with Crippen molar-refractivity contribution in [1.82, 2.24) is 0 Å². The molecule has 2 aromatic rings. The number of hydrogen-bond donors (Lipinski definition) is 1. The maximum absolute atomic E-state index is 11.8. The second kappa shape index (κ2) is 10.5. The van der Waals surface area contributed by atoms with E-state index in [4.69, 9.17) is 14.7 Å². The molecule has 144 valence electrons. The number of esters is 1. The lowest BCUT2D eigenvalue weighted by Gasteiger charge is -2.08. The van der Waals surface area contributed by atoms with Gasteiger partial charge in [-0.1, -0.05) is 19.1 Å². The van der Waals surface area contributed by atoms with Gasteiger partial charge in [-0.25, -0.2) is 4.79 Å². The van der Waals surface area contributed by atoms with E-state index in [-0.39, 0.29) is 12.4 Å². The summed E-state index contributed by atoms with van der Waals surface area (Å²) in [5, 5.41) is 11.2.